The maximum absolute atomic E-state index is 3.49. The SMILES string of the molecule is CCCNCC(C)Sc1cccc(Br)c1. The molecule has 1 aromatic carbocycles. The van der Waals surface area contributed by atoms with Crippen molar-refractivity contribution in [3.63, 3.8) is 0 Å². The number of nitrogens with one attached hydrogen (secondary N) is 1. The molecule has 0 heterocycles. The van der Waals surface area contributed by atoms with Crippen molar-refractivity contribution in [1.82, 2.24) is 5.32 Å². The number of halogens is 1. The molecule has 1 aromatic rings. The van der Waals surface area contributed by atoms with Gasteiger partial charge in [-0.3, -0.25) is 0 Å². The highest BCUT2D eigenvalue weighted by atomic mass is 79.9. The molecule has 15 heavy (non-hydrogen) atoms. The third-order valence-corrected chi connectivity index (χ3v) is 3.58. The predicted molar refractivity (Wildman–Crippen MR) is 72.6 cm³/mol. The van der Waals surface area contributed by atoms with E-state index in [9.17, 15) is 0 Å². The summed E-state index contributed by atoms with van der Waals surface area (Å²) in [6, 6.07) is 8.47. The van der Waals surface area contributed by atoms with E-state index < -0.39 is 0 Å². The summed E-state index contributed by atoms with van der Waals surface area (Å²) in [6.07, 6.45) is 1.20. The van der Waals surface area contributed by atoms with Crippen LogP contribution < -0.4 is 5.32 Å². The third-order valence-electron chi connectivity index (χ3n) is 1.99. The van der Waals surface area contributed by atoms with Gasteiger partial charge < -0.3 is 5.32 Å². The third kappa shape index (κ3) is 5.59. The highest BCUT2D eigenvalue weighted by Crippen LogP contribution is 2.25. The van der Waals surface area contributed by atoms with Crippen molar-refractivity contribution in [1.29, 1.82) is 0 Å². The van der Waals surface area contributed by atoms with Crippen LogP contribution in [0.1, 0.15) is 20.3 Å². The molecule has 0 aliphatic carbocycles. The Bertz CT molecular complexity index is 291. The van der Waals surface area contributed by atoms with Crippen molar-refractivity contribution in [2.75, 3.05) is 13.1 Å². The van der Waals surface area contributed by atoms with Crippen LogP contribution in [0.2, 0.25) is 0 Å². The monoisotopic (exact) mass is 287 g/mol. The minimum atomic E-state index is 0.617. The lowest BCUT2D eigenvalue weighted by Gasteiger charge is -2.11. The summed E-state index contributed by atoms with van der Waals surface area (Å²) >= 11 is 5.40. The van der Waals surface area contributed by atoms with E-state index in [1.54, 1.807) is 0 Å². The van der Waals surface area contributed by atoms with Crippen molar-refractivity contribution in [2.24, 2.45) is 0 Å². The molecule has 0 aromatic heterocycles. The molecule has 1 nitrogen and oxygen atoms in total. The van der Waals surface area contributed by atoms with Gasteiger partial charge in [0.25, 0.3) is 0 Å². The second kappa shape index (κ2) is 7.31. The van der Waals surface area contributed by atoms with Crippen LogP contribution in [-0.4, -0.2) is 18.3 Å². The smallest absolute Gasteiger partial charge is 0.0191 e. The minimum Gasteiger partial charge on any atom is -0.316 e. The lowest BCUT2D eigenvalue weighted by molar-refractivity contribution is 0.669. The average molecular weight is 288 g/mol. The van der Waals surface area contributed by atoms with Crippen LogP contribution >= 0.6 is 27.7 Å². The zero-order valence-corrected chi connectivity index (χ0v) is 11.7. The van der Waals surface area contributed by atoms with E-state index in [0.717, 1.165) is 17.6 Å². The topological polar surface area (TPSA) is 12.0 Å². The van der Waals surface area contributed by atoms with Gasteiger partial charge in [-0.2, -0.15) is 0 Å². The van der Waals surface area contributed by atoms with Gasteiger partial charge >= 0.3 is 0 Å². The second-order valence-electron chi connectivity index (χ2n) is 3.59. The van der Waals surface area contributed by atoms with Crippen molar-refractivity contribution < 1.29 is 0 Å². The fourth-order valence-electron chi connectivity index (χ4n) is 1.30. The molecule has 0 radical (unpaired) electrons. The summed E-state index contributed by atoms with van der Waals surface area (Å²) in [7, 11) is 0. The normalized spacial score (nSPS) is 12.7. The lowest BCUT2D eigenvalue weighted by Crippen LogP contribution is -2.23. The van der Waals surface area contributed by atoms with E-state index in [4.69, 9.17) is 0 Å². The Morgan fingerprint density at radius 2 is 2.27 bits per heavy atom. The number of benzene rings is 1. The highest BCUT2D eigenvalue weighted by Gasteiger charge is 2.03. The van der Waals surface area contributed by atoms with Gasteiger partial charge in [-0.05, 0) is 31.2 Å². The quantitative estimate of drug-likeness (QED) is 0.629. The van der Waals surface area contributed by atoms with E-state index in [-0.39, 0.29) is 0 Å². The first-order valence-corrected chi connectivity index (χ1v) is 7.02. The van der Waals surface area contributed by atoms with Crippen LogP contribution in [0.3, 0.4) is 0 Å². The molecule has 1 N–H and O–H groups in total. The van der Waals surface area contributed by atoms with Gasteiger partial charge in [0.05, 0.1) is 0 Å². The van der Waals surface area contributed by atoms with Gasteiger partial charge in [-0.25, -0.2) is 0 Å². The van der Waals surface area contributed by atoms with Gasteiger partial charge in [0.2, 0.25) is 0 Å². The van der Waals surface area contributed by atoms with Crippen LogP contribution in [0.4, 0.5) is 0 Å². The van der Waals surface area contributed by atoms with E-state index in [2.05, 4.69) is 59.4 Å². The van der Waals surface area contributed by atoms with Gasteiger partial charge in [0.1, 0.15) is 0 Å². The first-order chi connectivity index (χ1) is 7.22. The lowest BCUT2D eigenvalue weighted by atomic mass is 10.4. The van der Waals surface area contributed by atoms with Gasteiger partial charge in [-0.1, -0.05) is 35.8 Å². The molecule has 3 heteroatoms. The number of rotatable bonds is 6. The van der Waals surface area contributed by atoms with Gasteiger partial charge in [0.15, 0.2) is 0 Å². The van der Waals surface area contributed by atoms with Crippen molar-refractivity contribution in [3.8, 4) is 0 Å². The number of hydrogen-bond acceptors (Lipinski definition) is 2. The Balaban J connectivity index is 2.34. The van der Waals surface area contributed by atoms with Crippen LogP contribution in [0.5, 0.6) is 0 Å². The maximum atomic E-state index is 3.49. The first kappa shape index (κ1) is 13.1. The molecular weight excluding hydrogens is 270 g/mol. The fraction of sp³-hybridized carbons (Fsp3) is 0.500. The molecule has 0 amide bonds. The molecular formula is C12H18BrNS. The van der Waals surface area contributed by atoms with Crippen LogP contribution in [0, 0.1) is 0 Å². The molecule has 1 atom stereocenters. The molecule has 1 rings (SSSR count). The predicted octanol–water partition coefficient (Wildman–Crippen LogP) is 3.93. The molecule has 0 aliphatic heterocycles. The van der Waals surface area contributed by atoms with Crippen molar-refractivity contribution in [2.45, 2.75) is 30.4 Å². The zero-order valence-electron chi connectivity index (χ0n) is 9.29. The largest absolute Gasteiger partial charge is 0.316 e. The summed E-state index contributed by atoms with van der Waals surface area (Å²) in [5, 5.41) is 4.05. The molecule has 0 spiro atoms. The molecule has 84 valence electrons. The minimum absolute atomic E-state index is 0.617. The zero-order chi connectivity index (χ0) is 11.1. The summed E-state index contributed by atoms with van der Waals surface area (Å²) in [6.45, 7) is 6.64. The van der Waals surface area contributed by atoms with Crippen molar-refractivity contribution in [3.05, 3.63) is 28.7 Å². The Labute approximate surface area is 105 Å². The van der Waals surface area contributed by atoms with Crippen LogP contribution in [0.25, 0.3) is 0 Å². The molecule has 0 aliphatic rings. The molecule has 0 bridgehead atoms. The Morgan fingerprint density at radius 1 is 1.47 bits per heavy atom. The van der Waals surface area contributed by atoms with Crippen molar-refractivity contribution >= 4 is 27.7 Å². The number of thioether (sulfide) groups is 1. The maximum Gasteiger partial charge on any atom is 0.0191 e. The molecule has 0 saturated heterocycles. The summed E-state index contributed by atoms with van der Waals surface area (Å²) in [5.41, 5.74) is 0. The summed E-state index contributed by atoms with van der Waals surface area (Å²) < 4.78 is 1.15. The van der Waals surface area contributed by atoms with E-state index >= 15 is 0 Å². The fourth-order valence-corrected chi connectivity index (χ4v) is 2.87. The van der Waals surface area contributed by atoms with Gasteiger partial charge in [0, 0.05) is 21.2 Å². The standard InChI is InChI=1S/C12H18BrNS/c1-3-7-14-9-10(2)15-12-6-4-5-11(13)8-12/h4-6,8,10,14H,3,7,9H2,1-2H3. The van der Waals surface area contributed by atoms with Gasteiger partial charge in [-0.15, -0.1) is 11.8 Å². The Morgan fingerprint density at radius 3 is 2.93 bits per heavy atom. The molecule has 1 unspecified atom stereocenters. The first-order valence-electron chi connectivity index (χ1n) is 5.35. The van der Waals surface area contributed by atoms with E-state index in [0.29, 0.717) is 5.25 Å². The Kier molecular flexibility index (Phi) is 6.37. The molecule has 0 saturated carbocycles. The average Bonchev–Trinajstić information content (AvgIpc) is 2.18. The van der Waals surface area contributed by atoms with E-state index in [1.165, 1.54) is 11.3 Å². The highest BCUT2D eigenvalue weighted by molar-refractivity contribution is 9.10. The summed E-state index contributed by atoms with van der Waals surface area (Å²) in [4.78, 5) is 1.33. The van der Waals surface area contributed by atoms with Crippen LogP contribution in [0.15, 0.2) is 33.6 Å². The second-order valence-corrected chi connectivity index (χ2v) is 6.02. The Hall–Kier alpha value is 0.01000. The van der Waals surface area contributed by atoms with Crippen LogP contribution in [-0.2, 0) is 0 Å². The number of hydrogen-bond donors (Lipinski definition) is 1. The van der Waals surface area contributed by atoms with E-state index in [1.807, 2.05) is 11.8 Å². The molecule has 0 fully saturated rings. The summed E-state index contributed by atoms with van der Waals surface area (Å²) in [5.74, 6) is 0.